The van der Waals surface area contributed by atoms with Crippen molar-refractivity contribution in [3.8, 4) is 0 Å². The van der Waals surface area contributed by atoms with Crippen LogP contribution in [0.3, 0.4) is 0 Å². The summed E-state index contributed by atoms with van der Waals surface area (Å²) in [6, 6.07) is -0.935. The number of aromatic nitrogens is 1. The van der Waals surface area contributed by atoms with E-state index in [0.717, 1.165) is 17.6 Å². The number of hydrogen-bond acceptors (Lipinski definition) is 6. The van der Waals surface area contributed by atoms with E-state index in [-0.39, 0.29) is 18.0 Å². The van der Waals surface area contributed by atoms with E-state index in [1.165, 1.54) is 5.38 Å². The van der Waals surface area contributed by atoms with Gasteiger partial charge in [-0.25, -0.2) is 18.2 Å². The van der Waals surface area contributed by atoms with Crippen LogP contribution >= 0.6 is 11.3 Å². The first kappa shape index (κ1) is 16.4. The van der Waals surface area contributed by atoms with E-state index in [2.05, 4.69) is 15.0 Å². The second-order valence-corrected chi connectivity index (χ2v) is 6.67. The number of amides is 1. The normalized spacial score (nSPS) is 12.7. The lowest BCUT2D eigenvalue weighted by molar-refractivity contribution is -0.141. The summed E-state index contributed by atoms with van der Waals surface area (Å²) in [5.41, 5.74) is 0.374. The molecule has 1 aromatic rings. The summed E-state index contributed by atoms with van der Waals surface area (Å²) in [7, 11) is -3.41. The minimum Gasteiger partial charge on any atom is -0.480 e. The van der Waals surface area contributed by atoms with Crippen molar-refractivity contribution in [3.05, 3.63) is 11.1 Å². The summed E-state index contributed by atoms with van der Waals surface area (Å²) in [5, 5.41) is 12.9. The molecule has 0 aliphatic carbocycles. The van der Waals surface area contributed by atoms with Gasteiger partial charge >= 0.3 is 5.97 Å². The second-order valence-electron chi connectivity index (χ2n) is 4.06. The van der Waals surface area contributed by atoms with Gasteiger partial charge in [0.15, 0.2) is 5.13 Å². The van der Waals surface area contributed by atoms with E-state index >= 15 is 0 Å². The molecule has 0 saturated heterocycles. The molecule has 0 saturated carbocycles. The fourth-order valence-corrected chi connectivity index (χ4v) is 2.91. The molecule has 0 aromatic carbocycles. The average Bonchev–Trinajstić information content (AvgIpc) is 2.70. The Labute approximate surface area is 120 Å². The number of aliphatic carboxylic acids is 1. The maximum absolute atomic E-state index is 11.6. The molecular formula is C10H15N3O5S2. The molecule has 1 rings (SSSR count). The molecule has 0 aliphatic heterocycles. The SMILES string of the molecule is CC[C@H](NC(=O)Cc1csc(NS(C)(=O)=O)n1)C(=O)O. The maximum Gasteiger partial charge on any atom is 0.326 e. The average molecular weight is 321 g/mol. The van der Waals surface area contributed by atoms with Crippen LogP contribution in [0, 0.1) is 0 Å². The van der Waals surface area contributed by atoms with Gasteiger partial charge in [-0.15, -0.1) is 11.3 Å². The molecule has 0 fully saturated rings. The van der Waals surface area contributed by atoms with Gasteiger partial charge in [0.1, 0.15) is 6.04 Å². The third kappa shape index (κ3) is 5.53. The van der Waals surface area contributed by atoms with Crippen molar-refractivity contribution >= 4 is 38.4 Å². The van der Waals surface area contributed by atoms with Gasteiger partial charge in [-0.2, -0.15) is 0 Å². The number of carboxylic acid groups (broad SMARTS) is 1. The summed E-state index contributed by atoms with van der Waals surface area (Å²) >= 11 is 1.05. The van der Waals surface area contributed by atoms with Gasteiger partial charge in [0, 0.05) is 5.38 Å². The third-order valence-electron chi connectivity index (χ3n) is 2.21. The highest BCUT2D eigenvalue weighted by atomic mass is 32.2. The van der Waals surface area contributed by atoms with Gasteiger partial charge in [-0.05, 0) is 6.42 Å². The Bertz CT molecular complexity index is 596. The van der Waals surface area contributed by atoms with Crippen molar-refractivity contribution in [3.63, 3.8) is 0 Å². The van der Waals surface area contributed by atoms with Crippen LogP contribution < -0.4 is 10.0 Å². The Balaban J connectivity index is 2.61. The van der Waals surface area contributed by atoms with Crippen molar-refractivity contribution in [2.75, 3.05) is 11.0 Å². The van der Waals surface area contributed by atoms with Crippen LogP contribution in [-0.2, 0) is 26.0 Å². The van der Waals surface area contributed by atoms with E-state index in [1.807, 2.05) is 0 Å². The van der Waals surface area contributed by atoms with Crippen LogP contribution in [0.1, 0.15) is 19.0 Å². The summed E-state index contributed by atoms with van der Waals surface area (Å²) in [6.45, 7) is 1.65. The van der Waals surface area contributed by atoms with Crippen LogP contribution in [0.25, 0.3) is 0 Å². The fraction of sp³-hybridized carbons (Fsp3) is 0.500. The van der Waals surface area contributed by atoms with Crippen LogP contribution in [0.5, 0.6) is 0 Å². The summed E-state index contributed by atoms with van der Waals surface area (Å²) in [5.74, 6) is -1.57. The molecule has 0 aliphatic rings. The number of nitrogens with zero attached hydrogens (tertiary/aromatic N) is 1. The maximum atomic E-state index is 11.6. The molecule has 8 nitrogen and oxygen atoms in total. The largest absolute Gasteiger partial charge is 0.480 e. The monoisotopic (exact) mass is 321 g/mol. The van der Waals surface area contributed by atoms with E-state index in [4.69, 9.17) is 5.11 Å². The number of carbonyl (C=O) groups excluding carboxylic acids is 1. The lowest BCUT2D eigenvalue weighted by atomic mass is 10.2. The molecule has 1 amide bonds. The third-order valence-corrected chi connectivity index (χ3v) is 3.71. The number of sulfonamides is 1. The fourth-order valence-electron chi connectivity index (χ4n) is 1.34. The van der Waals surface area contributed by atoms with Crippen molar-refractivity contribution in [1.29, 1.82) is 0 Å². The molecule has 0 radical (unpaired) electrons. The first-order valence-corrected chi connectivity index (χ1v) is 8.42. The first-order chi connectivity index (χ1) is 9.21. The highest BCUT2D eigenvalue weighted by Crippen LogP contribution is 2.16. The highest BCUT2D eigenvalue weighted by molar-refractivity contribution is 7.92. The van der Waals surface area contributed by atoms with E-state index in [1.54, 1.807) is 6.92 Å². The number of carboxylic acids is 1. The zero-order valence-electron chi connectivity index (χ0n) is 10.9. The lowest BCUT2D eigenvalue weighted by Crippen LogP contribution is -2.41. The number of hydrogen-bond donors (Lipinski definition) is 3. The molecule has 1 aromatic heterocycles. The topological polar surface area (TPSA) is 125 Å². The Kier molecular flexibility index (Phi) is 5.45. The Hall–Kier alpha value is -1.68. The highest BCUT2D eigenvalue weighted by Gasteiger charge is 2.18. The van der Waals surface area contributed by atoms with Gasteiger partial charge < -0.3 is 10.4 Å². The first-order valence-electron chi connectivity index (χ1n) is 5.65. The number of carbonyl (C=O) groups is 2. The van der Waals surface area contributed by atoms with Gasteiger partial charge in [0.05, 0.1) is 18.4 Å². The minimum atomic E-state index is -3.41. The minimum absolute atomic E-state index is 0.105. The number of nitrogens with one attached hydrogen (secondary N) is 2. The quantitative estimate of drug-likeness (QED) is 0.651. The molecule has 1 heterocycles. The number of rotatable bonds is 7. The van der Waals surface area contributed by atoms with E-state index < -0.39 is 27.9 Å². The van der Waals surface area contributed by atoms with E-state index in [0.29, 0.717) is 5.69 Å². The molecule has 112 valence electrons. The second kappa shape index (κ2) is 6.66. The van der Waals surface area contributed by atoms with Crippen molar-refractivity contribution in [2.45, 2.75) is 25.8 Å². The van der Waals surface area contributed by atoms with Crippen molar-refractivity contribution in [1.82, 2.24) is 10.3 Å². The standard InChI is InChI=1S/C10H15N3O5S2/c1-3-7(9(15)16)12-8(14)4-6-5-19-10(11-6)13-20(2,17)18/h5,7H,3-4H2,1-2H3,(H,11,13)(H,12,14)(H,15,16)/t7-/m0/s1. The molecule has 3 N–H and O–H groups in total. The molecule has 0 unspecified atom stereocenters. The molecule has 10 heteroatoms. The molecule has 0 spiro atoms. The van der Waals surface area contributed by atoms with Gasteiger partial charge in [-0.3, -0.25) is 9.52 Å². The Morgan fingerprint density at radius 3 is 2.65 bits per heavy atom. The lowest BCUT2D eigenvalue weighted by Gasteiger charge is -2.11. The molecule has 0 bridgehead atoms. The van der Waals surface area contributed by atoms with Crippen LogP contribution in [-0.4, -0.2) is 42.7 Å². The summed E-state index contributed by atoms with van der Waals surface area (Å²) in [6.07, 6.45) is 1.17. The Morgan fingerprint density at radius 1 is 1.50 bits per heavy atom. The number of thiazole rings is 1. The Morgan fingerprint density at radius 2 is 2.15 bits per heavy atom. The van der Waals surface area contributed by atoms with Crippen molar-refractivity contribution < 1.29 is 23.1 Å². The predicted octanol–water partition coefficient (Wildman–Crippen LogP) is 0.0365. The van der Waals surface area contributed by atoms with Gasteiger partial charge in [0.2, 0.25) is 15.9 Å². The zero-order chi connectivity index (χ0) is 15.3. The molecule has 1 atom stereocenters. The van der Waals surface area contributed by atoms with Crippen LogP contribution in [0.15, 0.2) is 5.38 Å². The predicted molar refractivity (Wildman–Crippen MR) is 74.1 cm³/mol. The summed E-state index contributed by atoms with van der Waals surface area (Å²) in [4.78, 5) is 26.3. The van der Waals surface area contributed by atoms with E-state index in [9.17, 15) is 18.0 Å². The van der Waals surface area contributed by atoms with Gasteiger partial charge in [-0.1, -0.05) is 6.92 Å². The summed E-state index contributed by atoms with van der Waals surface area (Å²) < 4.78 is 24.2. The zero-order valence-corrected chi connectivity index (χ0v) is 12.5. The van der Waals surface area contributed by atoms with Crippen molar-refractivity contribution in [2.24, 2.45) is 0 Å². The number of anilines is 1. The van der Waals surface area contributed by atoms with Gasteiger partial charge in [0.25, 0.3) is 0 Å². The van der Waals surface area contributed by atoms with Crippen LogP contribution in [0.2, 0.25) is 0 Å². The molecule has 20 heavy (non-hydrogen) atoms. The smallest absolute Gasteiger partial charge is 0.326 e. The van der Waals surface area contributed by atoms with Crippen LogP contribution in [0.4, 0.5) is 5.13 Å². The molecular weight excluding hydrogens is 306 g/mol.